The summed E-state index contributed by atoms with van der Waals surface area (Å²) in [6, 6.07) is -1.41. The van der Waals surface area contributed by atoms with Crippen LogP contribution in [0.25, 0.3) is 0 Å². The third kappa shape index (κ3) is 3.69. The van der Waals surface area contributed by atoms with E-state index in [1.807, 2.05) is 0 Å². The molecule has 21 heavy (non-hydrogen) atoms. The van der Waals surface area contributed by atoms with Crippen molar-refractivity contribution in [1.82, 2.24) is 4.57 Å². The summed E-state index contributed by atoms with van der Waals surface area (Å²) in [4.78, 5) is 11.3. The fourth-order valence-electron chi connectivity index (χ4n) is 2.55. The summed E-state index contributed by atoms with van der Waals surface area (Å²) in [5.41, 5.74) is 1.02. The van der Waals surface area contributed by atoms with Gasteiger partial charge in [0, 0.05) is 11.1 Å². The van der Waals surface area contributed by atoms with E-state index >= 15 is 0 Å². The topological polar surface area (TPSA) is 103 Å². The number of carbonyl (C=O) groups is 1. The van der Waals surface area contributed by atoms with Crippen LogP contribution in [0.15, 0.2) is 0 Å². The Balaban J connectivity index is 3.09. The van der Waals surface area contributed by atoms with Crippen molar-refractivity contribution in [3.8, 4) is 11.8 Å². The highest BCUT2D eigenvalue weighted by molar-refractivity contribution is 5.74. The summed E-state index contributed by atoms with van der Waals surface area (Å²) in [6.45, 7) is 5.06. The number of aromatic hydroxyl groups is 2. The second-order valence-electron chi connectivity index (χ2n) is 5.46. The monoisotopic (exact) mass is 299 g/mol. The van der Waals surface area contributed by atoms with Gasteiger partial charge in [0.1, 0.15) is 0 Å². The van der Waals surface area contributed by atoms with Gasteiger partial charge in [-0.2, -0.15) is 0 Å². The number of carboxylic acid groups (broad SMARTS) is 1. The van der Waals surface area contributed by atoms with Crippen LogP contribution in [-0.4, -0.2) is 37.1 Å². The van der Waals surface area contributed by atoms with Crippen molar-refractivity contribution in [1.29, 1.82) is 0 Å². The van der Waals surface area contributed by atoms with Gasteiger partial charge < -0.3 is 20.4 Å². The van der Waals surface area contributed by atoms with Crippen LogP contribution in [0.3, 0.4) is 0 Å². The quantitative estimate of drug-likeness (QED) is 0.552. The van der Waals surface area contributed by atoms with E-state index in [1.165, 1.54) is 6.92 Å². The molecule has 0 bridgehead atoms. The first-order chi connectivity index (χ1) is 9.82. The summed E-state index contributed by atoms with van der Waals surface area (Å²) >= 11 is 0. The van der Waals surface area contributed by atoms with Crippen molar-refractivity contribution in [3.05, 3.63) is 11.1 Å². The predicted octanol–water partition coefficient (Wildman–Crippen LogP) is 2.34. The average Bonchev–Trinajstić information content (AvgIpc) is 2.60. The first-order valence-electron chi connectivity index (χ1n) is 7.35. The van der Waals surface area contributed by atoms with Gasteiger partial charge >= 0.3 is 5.97 Å². The number of aliphatic carboxylic acids is 1. The number of carboxylic acids is 1. The second-order valence-corrected chi connectivity index (χ2v) is 5.46. The maximum Gasteiger partial charge on any atom is 0.329 e. The lowest BCUT2D eigenvalue weighted by molar-refractivity contribution is -0.144. The number of aliphatic hydroxyl groups is 1. The third-order valence-corrected chi connectivity index (χ3v) is 3.78. The first kappa shape index (κ1) is 17.4. The number of unbranched alkanes of at least 4 members (excludes halogenated alkanes) is 3. The van der Waals surface area contributed by atoms with E-state index < -0.39 is 18.1 Å². The van der Waals surface area contributed by atoms with E-state index in [0.717, 1.165) is 30.3 Å². The first-order valence-corrected chi connectivity index (χ1v) is 7.35. The number of hydrogen-bond donors (Lipinski definition) is 4. The molecule has 0 aliphatic rings. The maximum absolute atomic E-state index is 11.3. The molecule has 6 heteroatoms. The van der Waals surface area contributed by atoms with E-state index in [-0.39, 0.29) is 11.8 Å². The number of rotatable bonds is 8. The van der Waals surface area contributed by atoms with Gasteiger partial charge in [-0.3, -0.25) is 4.57 Å². The smallest absolute Gasteiger partial charge is 0.329 e. The van der Waals surface area contributed by atoms with E-state index in [0.29, 0.717) is 17.5 Å². The molecule has 1 heterocycles. The molecule has 0 aliphatic heterocycles. The zero-order valence-corrected chi connectivity index (χ0v) is 12.8. The molecule has 0 amide bonds. The molecular formula is C15H25NO5. The standard InChI is InChI=1S/C15H25NO5/c1-4-5-6-7-8-11-9(2)13(18)16(14(11)19)12(10(3)17)15(20)21/h10,12,17-19H,4-8H2,1-3H3,(H,20,21). The molecule has 6 nitrogen and oxygen atoms in total. The van der Waals surface area contributed by atoms with Crippen molar-refractivity contribution in [3.63, 3.8) is 0 Å². The Kier molecular flexibility index (Phi) is 6.08. The maximum atomic E-state index is 11.3. The molecule has 1 aromatic rings. The van der Waals surface area contributed by atoms with E-state index in [9.17, 15) is 25.2 Å². The van der Waals surface area contributed by atoms with Crippen LogP contribution in [0, 0.1) is 6.92 Å². The van der Waals surface area contributed by atoms with Crippen LogP contribution in [-0.2, 0) is 11.2 Å². The molecule has 0 fully saturated rings. The van der Waals surface area contributed by atoms with Crippen LogP contribution in [0.2, 0.25) is 0 Å². The fraction of sp³-hybridized carbons (Fsp3) is 0.667. The molecule has 0 aliphatic carbocycles. The normalized spacial score (nSPS) is 14.1. The molecule has 4 N–H and O–H groups in total. The van der Waals surface area contributed by atoms with Crippen molar-refractivity contribution in [2.24, 2.45) is 0 Å². The molecule has 1 rings (SSSR count). The second kappa shape index (κ2) is 7.36. The number of aliphatic hydroxyl groups excluding tert-OH is 1. The van der Waals surface area contributed by atoms with Crippen molar-refractivity contribution in [2.75, 3.05) is 0 Å². The lowest BCUT2D eigenvalue weighted by Crippen LogP contribution is -2.28. The Hall–Kier alpha value is -1.69. The van der Waals surface area contributed by atoms with Crippen molar-refractivity contribution in [2.45, 2.75) is 65.0 Å². The Morgan fingerprint density at radius 3 is 2.29 bits per heavy atom. The van der Waals surface area contributed by atoms with Crippen LogP contribution in [0.4, 0.5) is 0 Å². The largest absolute Gasteiger partial charge is 0.494 e. The predicted molar refractivity (Wildman–Crippen MR) is 78.7 cm³/mol. The molecular weight excluding hydrogens is 274 g/mol. The SMILES string of the molecule is CCCCCCc1c(C)c(O)n(C(C(=O)O)C(C)O)c1O. The lowest BCUT2D eigenvalue weighted by atomic mass is 10.1. The van der Waals surface area contributed by atoms with Gasteiger partial charge in [0.2, 0.25) is 0 Å². The number of aromatic nitrogens is 1. The Bertz CT molecular complexity index is 493. The van der Waals surface area contributed by atoms with Gasteiger partial charge in [0.05, 0.1) is 6.10 Å². The van der Waals surface area contributed by atoms with Crippen molar-refractivity contribution < 1.29 is 25.2 Å². The number of nitrogens with zero attached hydrogens (tertiary/aromatic N) is 1. The molecule has 0 aromatic carbocycles. The van der Waals surface area contributed by atoms with E-state index in [2.05, 4.69) is 6.92 Å². The third-order valence-electron chi connectivity index (χ3n) is 3.78. The molecule has 1 aromatic heterocycles. The van der Waals surface area contributed by atoms with Gasteiger partial charge in [0.25, 0.3) is 0 Å². The molecule has 120 valence electrons. The van der Waals surface area contributed by atoms with Gasteiger partial charge in [-0.25, -0.2) is 4.79 Å². The minimum Gasteiger partial charge on any atom is -0.494 e. The summed E-state index contributed by atoms with van der Waals surface area (Å²) in [6.07, 6.45) is 3.40. The summed E-state index contributed by atoms with van der Waals surface area (Å²) in [7, 11) is 0. The fourth-order valence-corrected chi connectivity index (χ4v) is 2.55. The Morgan fingerprint density at radius 2 is 1.81 bits per heavy atom. The molecule has 2 unspecified atom stereocenters. The highest BCUT2D eigenvalue weighted by Gasteiger charge is 2.32. The molecule has 0 saturated heterocycles. The Morgan fingerprint density at radius 1 is 1.19 bits per heavy atom. The lowest BCUT2D eigenvalue weighted by Gasteiger charge is -2.19. The Labute approximate surface area is 124 Å². The number of hydrogen-bond acceptors (Lipinski definition) is 4. The van der Waals surface area contributed by atoms with Crippen LogP contribution >= 0.6 is 0 Å². The average molecular weight is 299 g/mol. The van der Waals surface area contributed by atoms with Crippen LogP contribution < -0.4 is 0 Å². The van der Waals surface area contributed by atoms with E-state index in [1.54, 1.807) is 6.92 Å². The van der Waals surface area contributed by atoms with Gasteiger partial charge in [-0.1, -0.05) is 26.2 Å². The molecule has 2 atom stereocenters. The molecule has 0 saturated carbocycles. The highest BCUT2D eigenvalue weighted by Crippen LogP contribution is 2.38. The minimum atomic E-state index is -1.41. The van der Waals surface area contributed by atoms with Crippen LogP contribution in [0.1, 0.15) is 56.7 Å². The van der Waals surface area contributed by atoms with Gasteiger partial charge in [-0.05, 0) is 26.7 Å². The van der Waals surface area contributed by atoms with Crippen molar-refractivity contribution >= 4 is 5.97 Å². The summed E-state index contributed by atoms with van der Waals surface area (Å²) in [5, 5.41) is 39.1. The van der Waals surface area contributed by atoms with Gasteiger partial charge in [0.15, 0.2) is 17.8 Å². The van der Waals surface area contributed by atoms with E-state index in [4.69, 9.17) is 0 Å². The molecule has 0 radical (unpaired) electrons. The zero-order chi connectivity index (χ0) is 16.2. The minimum absolute atomic E-state index is 0.269. The zero-order valence-electron chi connectivity index (χ0n) is 12.8. The van der Waals surface area contributed by atoms with Gasteiger partial charge in [-0.15, -0.1) is 0 Å². The highest BCUT2D eigenvalue weighted by atomic mass is 16.4. The summed E-state index contributed by atoms with van der Waals surface area (Å²) in [5.74, 6) is -1.87. The van der Waals surface area contributed by atoms with Crippen LogP contribution in [0.5, 0.6) is 11.8 Å². The molecule has 0 spiro atoms. The summed E-state index contributed by atoms with van der Waals surface area (Å²) < 4.78 is 0.900.